The van der Waals surface area contributed by atoms with Gasteiger partial charge in [0.25, 0.3) is 0 Å². The Labute approximate surface area is 50.2 Å². The molecule has 0 aromatic heterocycles. The molecule has 2 nitrogen and oxygen atoms in total. The molecule has 0 amide bonds. The summed E-state index contributed by atoms with van der Waals surface area (Å²) in [6.07, 6.45) is 1.04. The standard InChI is InChI=1S/C6H13NO/c1-4-5(2)6(3)7-8/h5,8H,4H2,1-3H3. The molecule has 2 heteroatoms. The summed E-state index contributed by atoms with van der Waals surface area (Å²) in [6, 6.07) is 0. The summed E-state index contributed by atoms with van der Waals surface area (Å²) < 4.78 is 0. The Morgan fingerprint density at radius 2 is 2.25 bits per heavy atom. The molecule has 0 saturated carbocycles. The molecule has 0 heterocycles. The van der Waals surface area contributed by atoms with Gasteiger partial charge >= 0.3 is 0 Å². The fraction of sp³-hybridized carbons (Fsp3) is 0.833. The number of rotatable bonds is 2. The van der Waals surface area contributed by atoms with E-state index in [9.17, 15) is 0 Å². The van der Waals surface area contributed by atoms with Gasteiger partial charge in [-0.25, -0.2) is 0 Å². The lowest BCUT2D eigenvalue weighted by Crippen LogP contribution is -2.04. The maximum Gasteiger partial charge on any atom is 0.0567 e. The smallest absolute Gasteiger partial charge is 0.0567 e. The van der Waals surface area contributed by atoms with E-state index in [1.807, 2.05) is 13.8 Å². The fourth-order valence-corrected chi connectivity index (χ4v) is 0.394. The Morgan fingerprint density at radius 3 is 2.38 bits per heavy atom. The van der Waals surface area contributed by atoms with Crippen molar-refractivity contribution < 1.29 is 5.21 Å². The average molecular weight is 115 g/mol. The van der Waals surface area contributed by atoms with Gasteiger partial charge < -0.3 is 5.21 Å². The molecule has 1 N–H and O–H groups in total. The van der Waals surface area contributed by atoms with Crippen LogP contribution in [-0.4, -0.2) is 10.9 Å². The first-order chi connectivity index (χ1) is 3.72. The third-order valence-corrected chi connectivity index (χ3v) is 1.48. The molecule has 8 heavy (non-hydrogen) atoms. The van der Waals surface area contributed by atoms with Crippen LogP contribution in [0.3, 0.4) is 0 Å². The lowest BCUT2D eigenvalue weighted by atomic mass is 10.1. The molecule has 0 rings (SSSR count). The van der Waals surface area contributed by atoms with E-state index in [0.29, 0.717) is 5.92 Å². The highest BCUT2D eigenvalue weighted by Gasteiger charge is 2.00. The van der Waals surface area contributed by atoms with Crippen molar-refractivity contribution in [3.63, 3.8) is 0 Å². The summed E-state index contributed by atoms with van der Waals surface area (Å²) in [7, 11) is 0. The first-order valence-corrected chi connectivity index (χ1v) is 2.90. The SMILES string of the molecule is CCC(C)C(C)=NO. The highest BCUT2D eigenvalue weighted by Crippen LogP contribution is 2.01. The number of nitrogens with zero attached hydrogens (tertiary/aromatic N) is 1. The van der Waals surface area contributed by atoms with Crippen LogP contribution < -0.4 is 0 Å². The summed E-state index contributed by atoms with van der Waals surface area (Å²) in [5, 5.41) is 11.3. The second-order valence-electron chi connectivity index (χ2n) is 2.05. The molecule has 1 unspecified atom stereocenters. The summed E-state index contributed by atoms with van der Waals surface area (Å²) in [4.78, 5) is 0. The highest BCUT2D eigenvalue weighted by atomic mass is 16.4. The van der Waals surface area contributed by atoms with Crippen molar-refractivity contribution in [2.75, 3.05) is 0 Å². The maximum atomic E-state index is 8.22. The first-order valence-electron chi connectivity index (χ1n) is 2.90. The van der Waals surface area contributed by atoms with Crippen LogP contribution in [0.2, 0.25) is 0 Å². The third kappa shape index (κ3) is 1.96. The minimum atomic E-state index is 0.417. The number of oxime groups is 1. The van der Waals surface area contributed by atoms with Gasteiger partial charge in [0.05, 0.1) is 5.71 Å². The van der Waals surface area contributed by atoms with Crippen LogP contribution in [0.1, 0.15) is 27.2 Å². The van der Waals surface area contributed by atoms with Gasteiger partial charge in [-0.1, -0.05) is 19.0 Å². The Bertz CT molecular complexity index is 88.5. The molecule has 0 aliphatic heterocycles. The van der Waals surface area contributed by atoms with Crippen molar-refractivity contribution in [3.05, 3.63) is 0 Å². The normalized spacial score (nSPS) is 16.1. The van der Waals surface area contributed by atoms with Gasteiger partial charge in [0, 0.05) is 0 Å². The van der Waals surface area contributed by atoms with Crippen molar-refractivity contribution in [2.45, 2.75) is 27.2 Å². The van der Waals surface area contributed by atoms with Crippen molar-refractivity contribution >= 4 is 5.71 Å². The van der Waals surface area contributed by atoms with E-state index >= 15 is 0 Å². The minimum Gasteiger partial charge on any atom is -0.411 e. The van der Waals surface area contributed by atoms with Crippen LogP contribution in [0.5, 0.6) is 0 Å². The quantitative estimate of drug-likeness (QED) is 0.332. The van der Waals surface area contributed by atoms with E-state index in [1.54, 1.807) is 0 Å². The van der Waals surface area contributed by atoms with Crippen LogP contribution in [0.15, 0.2) is 5.16 Å². The monoisotopic (exact) mass is 115 g/mol. The second-order valence-corrected chi connectivity index (χ2v) is 2.05. The van der Waals surface area contributed by atoms with Crippen LogP contribution in [0.4, 0.5) is 0 Å². The van der Waals surface area contributed by atoms with Crippen molar-refractivity contribution in [2.24, 2.45) is 11.1 Å². The molecule has 48 valence electrons. The summed E-state index contributed by atoms with van der Waals surface area (Å²) in [5.74, 6) is 0.417. The third-order valence-electron chi connectivity index (χ3n) is 1.48. The van der Waals surface area contributed by atoms with Crippen LogP contribution in [-0.2, 0) is 0 Å². The topological polar surface area (TPSA) is 32.6 Å². The zero-order chi connectivity index (χ0) is 6.57. The molecule has 0 spiro atoms. The van der Waals surface area contributed by atoms with E-state index < -0.39 is 0 Å². The molecular formula is C6H13NO. The zero-order valence-corrected chi connectivity index (χ0v) is 5.68. The van der Waals surface area contributed by atoms with E-state index in [-0.39, 0.29) is 0 Å². The Morgan fingerprint density at radius 1 is 1.75 bits per heavy atom. The summed E-state index contributed by atoms with van der Waals surface area (Å²) >= 11 is 0. The van der Waals surface area contributed by atoms with E-state index in [2.05, 4.69) is 12.1 Å². The molecule has 0 fully saturated rings. The van der Waals surface area contributed by atoms with Gasteiger partial charge in [0.15, 0.2) is 0 Å². The van der Waals surface area contributed by atoms with Crippen molar-refractivity contribution in [1.29, 1.82) is 0 Å². The van der Waals surface area contributed by atoms with Gasteiger partial charge in [-0.2, -0.15) is 0 Å². The van der Waals surface area contributed by atoms with E-state index in [0.717, 1.165) is 12.1 Å². The molecule has 1 atom stereocenters. The summed E-state index contributed by atoms with van der Waals surface area (Å²) in [5.41, 5.74) is 0.813. The van der Waals surface area contributed by atoms with Crippen LogP contribution in [0, 0.1) is 5.92 Å². The molecular weight excluding hydrogens is 102 g/mol. The molecule has 0 bridgehead atoms. The predicted octanol–water partition coefficient (Wildman–Crippen LogP) is 1.88. The van der Waals surface area contributed by atoms with E-state index in [1.165, 1.54) is 0 Å². The lowest BCUT2D eigenvalue weighted by Gasteiger charge is -2.02. The van der Waals surface area contributed by atoms with Crippen molar-refractivity contribution in [3.8, 4) is 0 Å². The number of hydrogen-bond donors (Lipinski definition) is 1. The molecule has 0 radical (unpaired) electrons. The number of hydrogen-bond acceptors (Lipinski definition) is 2. The Kier molecular flexibility index (Phi) is 3.24. The fourth-order valence-electron chi connectivity index (χ4n) is 0.394. The molecule has 0 aromatic rings. The lowest BCUT2D eigenvalue weighted by molar-refractivity contribution is 0.314. The molecule has 0 aromatic carbocycles. The van der Waals surface area contributed by atoms with Crippen LogP contribution in [0.25, 0.3) is 0 Å². The maximum absolute atomic E-state index is 8.22. The van der Waals surface area contributed by atoms with Gasteiger partial charge in [-0.3, -0.25) is 0 Å². The van der Waals surface area contributed by atoms with Crippen molar-refractivity contribution in [1.82, 2.24) is 0 Å². The zero-order valence-electron chi connectivity index (χ0n) is 5.68. The van der Waals surface area contributed by atoms with E-state index in [4.69, 9.17) is 5.21 Å². The largest absolute Gasteiger partial charge is 0.411 e. The van der Waals surface area contributed by atoms with Gasteiger partial charge in [-0.05, 0) is 19.3 Å². The van der Waals surface area contributed by atoms with Crippen LogP contribution >= 0.6 is 0 Å². The average Bonchev–Trinajstić information content (AvgIpc) is 1.84. The van der Waals surface area contributed by atoms with Gasteiger partial charge in [0.2, 0.25) is 0 Å². The predicted molar refractivity (Wildman–Crippen MR) is 34.4 cm³/mol. The molecule has 0 saturated heterocycles. The second kappa shape index (κ2) is 3.47. The summed E-state index contributed by atoms with van der Waals surface area (Å²) in [6.45, 7) is 5.93. The van der Waals surface area contributed by atoms with Gasteiger partial charge in [-0.15, -0.1) is 0 Å². The van der Waals surface area contributed by atoms with Gasteiger partial charge in [0.1, 0.15) is 0 Å². The Hall–Kier alpha value is -0.530. The molecule has 0 aliphatic carbocycles. The minimum absolute atomic E-state index is 0.417. The molecule has 0 aliphatic rings. The highest BCUT2D eigenvalue weighted by molar-refractivity contribution is 5.83. The first kappa shape index (κ1) is 7.47. The Balaban J connectivity index is 3.63.